The van der Waals surface area contributed by atoms with Gasteiger partial charge in [0.25, 0.3) is 10.1 Å². The summed E-state index contributed by atoms with van der Waals surface area (Å²) in [6.45, 7) is 10.6. The van der Waals surface area contributed by atoms with E-state index in [-0.39, 0.29) is 88.9 Å². The Balaban J connectivity index is 1.12. The van der Waals surface area contributed by atoms with Crippen molar-refractivity contribution in [3.63, 3.8) is 0 Å². The lowest BCUT2D eigenvalue weighted by molar-refractivity contribution is -0.144. The highest BCUT2D eigenvalue weighted by Gasteiger charge is 2.44. The fourth-order valence-electron chi connectivity index (χ4n) is 5.70. The first-order valence-electron chi connectivity index (χ1n) is 17.9. The number of nitrogens with one attached hydrogen (secondary N) is 2. The van der Waals surface area contributed by atoms with E-state index in [1.165, 1.54) is 17.0 Å². The highest BCUT2D eigenvalue weighted by molar-refractivity contribution is 7.86. The summed E-state index contributed by atoms with van der Waals surface area (Å²) in [6, 6.07) is 12.4. The molecule has 1 aliphatic heterocycles. The smallest absolute Gasteiger partial charge is 0.297 e. The number of rotatable bonds is 20. The second-order valence-corrected chi connectivity index (χ2v) is 16.6. The highest BCUT2D eigenvalue weighted by atomic mass is 32.2. The SMILES string of the molecule is Cc1ccc(S(=O)(=O)OCCOCCOCCOCCC(=O)N[C@H](C(=O)N2C[C@H](O)C[C@H]2C(=O)NCc2ccc(-c3scnc3C)cc2)C(C)(C)C)cc1. The minimum absolute atomic E-state index is 0.00234. The van der Waals surface area contributed by atoms with Gasteiger partial charge in [0, 0.05) is 25.9 Å². The first kappa shape index (κ1) is 43.0. The molecule has 0 saturated carbocycles. The van der Waals surface area contributed by atoms with Crippen molar-refractivity contribution in [1.82, 2.24) is 20.5 Å². The van der Waals surface area contributed by atoms with Crippen LogP contribution in [0, 0.1) is 19.3 Å². The van der Waals surface area contributed by atoms with Crippen molar-refractivity contribution in [2.45, 2.75) is 77.1 Å². The summed E-state index contributed by atoms with van der Waals surface area (Å²) in [4.78, 5) is 46.9. The zero-order chi connectivity index (χ0) is 39.3. The Morgan fingerprint density at radius 3 is 2.13 bits per heavy atom. The number of aromatic nitrogens is 1. The first-order valence-corrected chi connectivity index (χ1v) is 20.2. The molecular formula is C38H52N4O10S2. The number of likely N-dealkylation sites (tertiary alicyclic amines) is 1. The molecule has 296 valence electrons. The number of benzene rings is 2. The minimum Gasteiger partial charge on any atom is -0.391 e. The maximum absolute atomic E-state index is 13.8. The summed E-state index contributed by atoms with van der Waals surface area (Å²) in [7, 11) is -3.84. The average Bonchev–Trinajstić information content (AvgIpc) is 3.74. The van der Waals surface area contributed by atoms with Crippen molar-refractivity contribution in [3.05, 3.63) is 70.9 Å². The van der Waals surface area contributed by atoms with E-state index >= 15 is 0 Å². The van der Waals surface area contributed by atoms with E-state index in [9.17, 15) is 27.9 Å². The number of carbonyl (C=O) groups is 3. The molecule has 0 unspecified atom stereocenters. The molecule has 1 aliphatic rings. The number of hydrogen-bond acceptors (Lipinski definition) is 12. The molecule has 0 aliphatic carbocycles. The number of ether oxygens (including phenoxy) is 3. The van der Waals surface area contributed by atoms with Gasteiger partial charge in [-0.1, -0.05) is 62.7 Å². The van der Waals surface area contributed by atoms with Crippen LogP contribution in [0.1, 0.15) is 50.4 Å². The van der Waals surface area contributed by atoms with E-state index in [1.54, 1.807) is 29.0 Å². The molecule has 1 saturated heterocycles. The Bertz CT molecular complexity index is 1780. The zero-order valence-electron chi connectivity index (χ0n) is 31.5. The molecule has 3 aromatic rings. The van der Waals surface area contributed by atoms with E-state index < -0.39 is 39.6 Å². The molecule has 3 amide bonds. The van der Waals surface area contributed by atoms with Crippen LogP contribution >= 0.6 is 11.3 Å². The lowest BCUT2D eigenvalue weighted by atomic mass is 9.85. The molecule has 0 bridgehead atoms. The zero-order valence-corrected chi connectivity index (χ0v) is 33.2. The van der Waals surface area contributed by atoms with Crippen molar-refractivity contribution in [2.75, 3.05) is 52.8 Å². The number of aliphatic hydroxyl groups is 1. The van der Waals surface area contributed by atoms with Crippen LogP contribution in [-0.4, -0.2) is 112 Å². The number of aryl methyl sites for hydroxylation is 2. The molecule has 2 heterocycles. The van der Waals surface area contributed by atoms with Gasteiger partial charge in [-0.3, -0.25) is 18.6 Å². The van der Waals surface area contributed by atoms with Crippen molar-refractivity contribution < 1.29 is 46.3 Å². The molecule has 0 radical (unpaired) electrons. The Morgan fingerprint density at radius 1 is 0.926 bits per heavy atom. The molecule has 1 aromatic heterocycles. The Morgan fingerprint density at radius 2 is 1.54 bits per heavy atom. The highest BCUT2D eigenvalue weighted by Crippen LogP contribution is 2.28. The second kappa shape index (κ2) is 20.2. The number of thiazole rings is 1. The van der Waals surface area contributed by atoms with Gasteiger partial charge in [0.15, 0.2) is 0 Å². The van der Waals surface area contributed by atoms with Crippen LogP contribution in [0.4, 0.5) is 0 Å². The van der Waals surface area contributed by atoms with E-state index in [1.807, 2.05) is 58.9 Å². The minimum atomic E-state index is -3.84. The number of nitrogens with zero attached hydrogens (tertiary/aromatic N) is 2. The lowest BCUT2D eigenvalue weighted by Gasteiger charge is -2.35. The van der Waals surface area contributed by atoms with Crippen LogP contribution in [0.25, 0.3) is 10.4 Å². The monoisotopic (exact) mass is 788 g/mol. The van der Waals surface area contributed by atoms with Crippen molar-refractivity contribution in [1.29, 1.82) is 0 Å². The topological polar surface area (TPSA) is 183 Å². The molecule has 3 atom stereocenters. The molecular weight excluding hydrogens is 737 g/mol. The quantitative estimate of drug-likeness (QED) is 0.113. The van der Waals surface area contributed by atoms with Crippen LogP contribution in [0.15, 0.2) is 58.9 Å². The predicted octanol–water partition coefficient (Wildman–Crippen LogP) is 3.38. The Hall–Kier alpha value is -3.77. The van der Waals surface area contributed by atoms with Gasteiger partial charge in [0.2, 0.25) is 17.7 Å². The van der Waals surface area contributed by atoms with Crippen LogP contribution in [0.2, 0.25) is 0 Å². The summed E-state index contributed by atoms with van der Waals surface area (Å²) in [5, 5.41) is 16.2. The molecule has 16 heteroatoms. The van der Waals surface area contributed by atoms with Crippen molar-refractivity contribution in [3.8, 4) is 10.4 Å². The van der Waals surface area contributed by atoms with Gasteiger partial charge in [0.1, 0.15) is 12.1 Å². The van der Waals surface area contributed by atoms with Gasteiger partial charge in [-0.2, -0.15) is 8.42 Å². The summed E-state index contributed by atoms with van der Waals surface area (Å²) in [6.07, 6.45) is -0.767. The fourth-order valence-corrected chi connectivity index (χ4v) is 7.40. The summed E-state index contributed by atoms with van der Waals surface area (Å²) in [5.41, 5.74) is 4.97. The molecule has 54 heavy (non-hydrogen) atoms. The van der Waals surface area contributed by atoms with Crippen LogP contribution in [0.3, 0.4) is 0 Å². The average molecular weight is 789 g/mol. The van der Waals surface area contributed by atoms with Crippen molar-refractivity contribution in [2.24, 2.45) is 5.41 Å². The van der Waals surface area contributed by atoms with E-state index in [4.69, 9.17) is 18.4 Å². The first-order chi connectivity index (χ1) is 25.7. The number of aliphatic hydroxyl groups excluding tert-OH is 1. The lowest BCUT2D eigenvalue weighted by Crippen LogP contribution is -2.57. The summed E-state index contributed by atoms with van der Waals surface area (Å²) >= 11 is 1.57. The maximum Gasteiger partial charge on any atom is 0.297 e. The molecule has 1 fully saturated rings. The van der Waals surface area contributed by atoms with E-state index in [0.29, 0.717) is 0 Å². The second-order valence-electron chi connectivity index (χ2n) is 14.1. The molecule has 4 rings (SSSR count). The molecule has 2 aromatic carbocycles. The third kappa shape index (κ3) is 12.9. The van der Waals surface area contributed by atoms with E-state index in [0.717, 1.165) is 27.3 Å². The summed E-state index contributed by atoms with van der Waals surface area (Å²) < 4.78 is 45.7. The van der Waals surface area contributed by atoms with Gasteiger partial charge in [-0.05, 0) is 42.5 Å². The largest absolute Gasteiger partial charge is 0.391 e. The van der Waals surface area contributed by atoms with Crippen LogP contribution in [-0.2, 0) is 49.4 Å². The molecule has 14 nitrogen and oxygen atoms in total. The molecule has 0 spiro atoms. The Labute approximate surface area is 321 Å². The predicted molar refractivity (Wildman–Crippen MR) is 203 cm³/mol. The van der Waals surface area contributed by atoms with Crippen molar-refractivity contribution >= 4 is 39.2 Å². The summed E-state index contributed by atoms with van der Waals surface area (Å²) in [5.74, 6) is -1.20. The third-order valence-electron chi connectivity index (χ3n) is 8.70. The van der Waals surface area contributed by atoms with Gasteiger partial charge < -0.3 is 34.9 Å². The number of hydrogen-bond donors (Lipinski definition) is 3. The third-order valence-corrected chi connectivity index (χ3v) is 11.0. The Kier molecular flexibility index (Phi) is 16.1. The van der Waals surface area contributed by atoms with Crippen LogP contribution in [0.5, 0.6) is 0 Å². The van der Waals surface area contributed by atoms with Gasteiger partial charge in [0.05, 0.1) is 73.3 Å². The number of β-amino-alcohol motifs (C(OH)–C–C–N with tert-alkyl or cyclic N) is 1. The number of amides is 3. The van der Waals surface area contributed by atoms with Gasteiger partial charge in [-0.15, -0.1) is 11.3 Å². The van der Waals surface area contributed by atoms with Crippen LogP contribution < -0.4 is 10.6 Å². The maximum atomic E-state index is 13.8. The standard InChI is InChI=1S/C38H52N4O10S2/c1-26-6-12-31(13-7-26)54(47,48)52-21-20-51-19-18-50-17-16-49-15-14-33(44)41-35(38(3,4)5)37(46)42-24-30(43)22-32(42)36(45)39-23-28-8-10-29(11-9-28)34-27(2)40-25-53-34/h6-13,25,30,32,35,43H,14-24H2,1-5H3,(H,39,45)(H,41,44)/t30-,32+,35-/m1/s1. The van der Waals surface area contributed by atoms with E-state index in [2.05, 4.69) is 15.6 Å². The van der Waals surface area contributed by atoms with Gasteiger partial charge >= 0.3 is 0 Å². The fraction of sp³-hybridized carbons (Fsp3) is 0.526. The number of carbonyl (C=O) groups excluding carboxylic acids is 3. The normalized spacial score (nSPS) is 16.7. The molecule has 3 N–H and O–H groups in total. The van der Waals surface area contributed by atoms with Gasteiger partial charge in [-0.25, -0.2) is 4.98 Å².